The lowest BCUT2D eigenvalue weighted by molar-refractivity contribution is -0.135. The van der Waals surface area contributed by atoms with Crippen molar-refractivity contribution in [3.8, 4) is 0 Å². The van der Waals surface area contributed by atoms with Crippen LogP contribution in [-0.4, -0.2) is 12.6 Å². The largest absolute Gasteiger partial charge is 0.462 e. The minimum Gasteiger partial charge on any atom is -0.462 e. The summed E-state index contributed by atoms with van der Waals surface area (Å²) in [6, 6.07) is 0. The molecule has 0 aromatic carbocycles. The Bertz CT molecular complexity index is 168. The summed E-state index contributed by atoms with van der Waals surface area (Å²) in [4.78, 5) is 10.6. The van der Waals surface area contributed by atoms with Gasteiger partial charge in [0.15, 0.2) is 0 Å². The lowest BCUT2D eigenvalue weighted by atomic mass is 10.2. The van der Waals surface area contributed by atoms with Crippen molar-refractivity contribution < 1.29 is 9.53 Å². The van der Waals surface area contributed by atoms with E-state index in [1.807, 2.05) is 0 Å². The topological polar surface area (TPSA) is 26.3 Å². The maximum Gasteiger partial charge on any atom is 0.334 e. The molecule has 0 aromatic rings. The molecule has 0 amide bonds. The fraction of sp³-hybridized carbons (Fsp3) is 0.286. The molecule has 1 rings (SSSR count). The third-order valence-electron chi connectivity index (χ3n) is 1.19. The highest BCUT2D eigenvalue weighted by Crippen LogP contribution is 2.11. The summed E-state index contributed by atoms with van der Waals surface area (Å²) >= 11 is 0. The van der Waals surface area contributed by atoms with Gasteiger partial charge in [0.2, 0.25) is 0 Å². The van der Waals surface area contributed by atoms with Crippen LogP contribution in [0.15, 0.2) is 24.3 Å². The number of carbonyl (C=O) groups excluding carboxylic acids is 1. The van der Waals surface area contributed by atoms with Gasteiger partial charge in [-0.2, -0.15) is 0 Å². The third kappa shape index (κ3) is 1.19. The summed E-state index contributed by atoms with van der Waals surface area (Å²) in [7, 11) is 0. The third-order valence-corrected chi connectivity index (χ3v) is 1.19. The van der Waals surface area contributed by atoms with Crippen molar-refractivity contribution in [2.24, 2.45) is 0 Å². The molecule has 0 N–H and O–H groups in total. The summed E-state index contributed by atoms with van der Waals surface area (Å²) in [5.74, 6) is -0.199. The van der Waals surface area contributed by atoms with Gasteiger partial charge in [-0.15, -0.1) is 0 Å². The standard InChI is InChI=1S/C7H8O2/c1-2-3-6-4-5-9-7(6)8/h2-3H,1,4-5H2/b6-3+. The number of rotatable bonds is 1. The van der Waals surface area contributed by atoms with E-state index in [4.69, 9.17) is 0 Å². The first-order chi connectivity index (χ1) is 4.34. The number of ether oxygens (including phenoxy) is 1. The van der Waals surface area contributed by atoms with Crippen LogP contribution in [0.1, 0.15) is 6.42 Å². The smallest absolute Gasteiger partial charge is 0.334 e. The number of esters is 1. The first-order valence-electron chi connectivity index (χ1n) is 2.83. The molecule has 0 atom stereocenters. The van der Waals surface area contributed by atoms with Gasteiger partial charge in [0.25, 0.3) is 0 Å². The molecule has 0 radical (unpaired) electrons. The van der Waals surface area contributed by atoms with E-state index in [1.165, 1.54) is 0 Å². The zero-order chi connectivity index (χ0) is 6.69. The molecule has 2 heteroatoms. The minimum absolute atomic E-state index is 0.199. The van der Waals surface area contributed by atoms with Gasteiger partial charge < -0.3 is 4.74 Å². The van der Waals surface area contributed by atoms with Crippen LogP contribution in [0.5, 0.6) is 0 Å². The van der Waals surface area contributed by atoms with E-state index in [9.17, 15) is 4.79 Å². The van der Waals surface area contributed by atoms with Crippen molar-refractivity contribution in [2.45, 2.75) is 6.42 Å². The Labute approximate surface area is 53.8 Å². The van der Waals surface area contributed by atoms with E-state index >= 15 is 0 Å². The molecule has 1 heterocycles. The molecule has 9 heavy (non-hydrogen) atoms. The van der Waals surface area contributed by atoms with E-state index in [2.05, 4.69) is 11.3 Å². The van der Waals surface area contributed by atoms with Crippen LogP contribution in [0.2, 0.25) is 0 Å². The Morgan fingerprint density at radius 2 is 2.44 bits per heavy atom. The van der Waals surface area contributed by atoms with Crippen molar-refractivity contribution in [1.82, 2.24) is 0 Å². The fourth-order valence-corrected chi connectivity index (χ4v) is 0.742. The van der Waals surface area contributed by atoms with Crippen LogP contribution in [0.3, 0.4) is 0 Å². The van der Waals surface area contributed by atoms with Gasteiger partial charge in [0.1, 0.15) is 0 Å². The van der Waals surface area contributed by atoms with Crippen molar-refractivity contribution in [3.05, 3.63) is 24.3 Å². The number of cyclic esters (lactones) is 1. The van der Waals surface area contributed by atoms with Crippen molar-refractivity contribution in [1.29, 1.82) is 0 Å². The Morgan fingerprint density at radius 3 is 2.89 bits per heavy atom. The van der Waals surface area contributed by atoms with E-state index in [1.54, 1.807) is 12.2 Å². The second-order valence-electron chi connectivity index (χ2n) is 1.81. The highest BCUT2D eigenvalue weighted by molar-refractivity contribution is 5.90. The van der Waals surface area contributed by atoms with Crippen LogP contribution in [-0.2, 0) is 9.53 Å². The SMILES string of the molecule is C=C/C=C1\CCOC1=O. The highest BCUT2D eigenvalue weighted by Gasteiger charge is 2.16. The summed E-state index contributed by atoms with van der Waals surface area (Å²) in [6.45, 7) is 4.00. The number of allylic oxidation sites excluding steroid dienone is 2. The van der Waals surface area contributed by atoms with Crippen LogP contribution < -0.4 is 0 Å². The number of hydrogen-bond acceptors (Lipinski definition) is 2. The molecule has 0 spiro atoms. The van der Waals surface area contributed by atoms with Gasteiger partial charge >= 0.3 is 5.97 Å². The first kappa shape index (κ1) is 6.08. The lowest BCUT2D eigenvalue weighted by Crippen LogP contribution is -1.93. The first-order valence-corrected chi connectivity index (χ1v) is 2.83. The maximum absolute atomic E-state index is 10.6. The molecule has 0 saturated carbocycles. The molecule has 48 valence electrons. The van der Waals surface area contributed by atoms with Crippen LogP contribution >= 0.6 is 0 Å². The molecule has 0 aliphatic carbocycles. The summed E-state index contributed by atoms with van der Waals surface area (Å²) in [6.07, 6.45) is 4.02. The van der Waals surface area contributed by atoms with Gasteiger partial charge in [-0.25, -0.2) is 4.79 Å². The Balaban J connectivity index is 2.69. The minimum atomic E-state index is -0.199. The Hall–Kier alpha value is -1.05. The predicted molar refractivity (Wildman–Crippen MR) is 33.9 cm³/mol. The number of carbonyl (C=O) groups is 1. The second kappa shape index (κ2) is 2.49. The van der Waals surface area contributed by atoms with Gasteiger partial charge in [-0.3, -0.25) is 0 Å². The van der Waals surface area contributed by atoms with Crippen LogP contribution in [0.4, 0.5) is 0 Å². The van der Waals surface area contributed by atoms with Crippen molar-refractivity contribution in [3.63, 3.8) is 0 Å². The van der Waals surface area contributed by atoms with E-state index in [0.717, 1.165) is 12.0 Å². The molecule has 1 saturated heterocycles. The molecule has 1 aliphatic heterocycles. The zero-order valence-corrected chi connectivity index (χ0v) is 5.09. The molecule has 2 nitrogen and oxygen atoms in total. The summed E-state index contributed by atoms with van der Waals surface area (Å²) in [5, 5.41) is 0. The van der Waals surface area contributed by atoms with E-state index < -0.39 is 0 Å². The van der Waals surface area contributed by atoms with Crippen molar-refractivity contribution >= 4 is 5.97 Å². The zero-order valence-electron chi connectivity index (χ0n) is 5.09. The molecular weight excluding hydrogens is 116 g/mol. The summed E-state index contributed by atoms with van der Waals surface area (Å²) < 4.78 is 4.66. The van der Waals surface area contributed by atoms with Crippen LogP contribution in [0, 0.1) is 0 Å². The molecule has 0 unspecified atom stereocenters. The normalized spacial score (nSPS) is 22.2. The molecule has 1 fully saturated rings. The van der Waals surface area contributed by atoms with E-state index in [0.29, 0.717) is 6.61 Å². The average molecular weight is 124 g/mol. The molecule has 0 bridgehead atoms. The summed E-state index contributed by atoms with van der Waals surface area (Å²) in [5.41, 5.74) is 0.727. The van der Waals surface area contributed by atoms with Gasteiger partial charge in [-0.05, 0) is 0 Å². The van der Waals surface area contributed by atoms with Crippen molar-refractivity contribution in [2.75, 3.05) is 6.61 Å². The lowest BCUT2D eigenvalue weighted by Gasteiger charge is -1.85. The Morgan fingerprint density at radius 1 is 1.67 bits per heavy atom. The monoisotopic (exact) mass is 124 g/mol. The predicted octanol–water partition coefficient (Wildman–Crippen LogP) is 1.05. The molecule has 0 aromatic heterocycles. The van der Waals surface area contributed by atoms with Gasteiger partial charge in [0, 0.05) is 12.0 Å². The maximum atomic E-state index is 10.6. The average Bonchev–Trinajstić information content (AvgIpc) is 2.18. The Kier molecular flexibility index (Phi) is 1.68. The van der Waals surface area contributed by atoms with Gasteiger partial charge in [0.05, 0.1) is 6.61 Å². The van der Waals surface area contributed by atoms with E-state index in [-0.39, 0.29) is 5.97 Å². The molecular formula is C7H8O2. The number of hydrogen-bond donors (Lipinski definition) is 0. The van der Waals surface area contributed by atoms with Gasteiger partial charge in [-0.1, -0.05) is 18.7 Å². The molecule has 1 aliphatic rings. The fourth-order valence-electron chi connectivity index (χ4n) is 0.742. The highest BCUT2D eigenvalue weighted by atomic mass is 16.5. The quantitative estimate of drug-likeness (QED) is 0.385. The second-order valence-corrected chi connectivity index (χ2v) is 1.81. The van der Waals surface area contributed by atoms with Crippen LogP contribution in [0.25, 0.3) is 0 Å².